The summed E-state index contributed by atoms with van der Waals surface area (Å²) < 4.78 is 9.57. The van der Waals surface area contributed by atoms with Crippen LogP contribution in [0.1, 0.15) is 36.8 Å². The molecule has 0 N–H and O–H groups in total. The zero-order chi connectivity index (χ0) is 15.9. The summed E-state index contributed by atoms with van der Waals surface area (Å²) in [7, 11) is 0. The standard InChI is InChI=1S/C18H16N2O2/c1-13(15-3-7-17(8-4-15)21-11-19)14(2)16-5-9-18(10-6-16)22-12-20/h3-10,13-14H,1-2H3. The molecule has 0 fully saturated rings. The average Bonchev–Trinajstić information content (AvgIpc) is 2.55. The van der Waals surface area contributed by atoms with Crippen molar-refractivity contribution >= 4 is 0 Å². The maximum absolute atomic E-state index is 8.49. The van der Waals surface area contributed by atoms with Crippen LogP contribution >= 0.6 is 0 Å². The first kappa shape index (κ1) is 15.4. The molecular formula is C18H16N2O2. The monoisotopic (exact) mass is 292 g/mol. The second-order valence-corrected chi connectivity index (χ2v) is 5.10. The van der Waals surface area contributed by atoms with Crippen LogP contribution in [-0.4, -0.2) is 0 Å². The number of benzene rings is 2. The smallest absolute Gasteiger partial charge is 0.292 e. The molecule has 2 atom stereocenters. The van der Waals surface area contributed by atoms with Crippen molar-refractivity contribution in [3.63, 3.8) is 0 Å². The van der Waals surface area contributed by atoms with Crippen molar-refractivity contribution in [2.45, 2.75) is 25.7 Å². The molecular weight excluding hydrogens is 276 g/mol. The van der Waals surface area contributed by atoms with Crippen LogP contribution in [0.3, 0.4) is 0 Å². The Morgan fingerprint density at radius 3 is 1.27 bits per heavy atom. The van der Waals surface area contributed by atoms with E-state index in [1.165, 1.54) is 11.1 Å². The Balaban J connectivity index is 2.12. The molecule has 0 spiro atoms. The lowest BCUT2D eigenvalue weighted by Gasteiger charge is -2.21. The Hall–Kier alpha value is -2.98. The van der Waals surface area contributed by atoms with Gasteiger partial charge in [-0.2, -0.15) is 0 Å². The minimum absolute atomic E-state index is 0.305. The van der Waals surface area contributed by atoms with Crippen molar-refractivity contribution in [2.75, 3.05) is 0 Å². The van der Waals surface area contributed by atoms with E-state index in [9.17, 15) is 0 Å². The Labute approximate surface area is 130 Å². The predicted octanol–water partition coefficient (Wildman–Crippen LogP) is 4.31. The fourth-order valence-corrected chi connectivity index (χ4v) is 2.36. The summed E-state index contributed by atoms with van der Waals surface area (Å²) in [5.41, 5.74) is 2.35. The highest BCUT2D eigenvalue weighted by Gasteiger charge is 2.16. The van der Waals surface area contributed by atoms with Crippen molar-refractivity contribution in [3.8, 4) is 24.0 Å². The van der Waals surface area contributed by atoms with Gasteiger partial charge in [-0.15, -0.1) is 10.5 Å². The zero-order valence-corrected chi connectivity index (χ0v) is 12.5. The Bertz CT molecular complexity index is 630. The number of rotatable bonds is 5. The molecule has 0 aromatic heterocycles. The fraction of sp³-hybridized carbons (Fsp3) is 0.222. The third-order valence-corrected chi connectivity index (χ3v) is 3.89. The normalized spacial score (nSPS) is 12.5. The van der Waals surface area contributed by atoms with Gasteiger partial charge in [-0.3, -0.25) is 0 Å². The number of nitriles is 2. The first-order valence-electron chi connectivity index (χ1n) is 6.97. The van der Waals surface area contributed by atoms with Crippen molar-refractivity contribution in [2.24, 2.45) is 0 Å². The van der Waals surface area contributed by atoms with E-state index in [1.54, 1.807) is 36.8 Å². The van der Waals surface area contributed by atoms with E-state index in [-0.39, 0.29) is 0 Å². The topological polar surface area (TPSA) is 66.0 Å². The average molecular weight is 292 g/mol. The second kappa shape index (κ2) is 7.15. The first-order valence-corrected chi connectivity index (χ1v) is 6.97. The lowest BCUT2D eigenvalue weighted by atomic mass is 9.84. The fourth-order valence-electron chi connectivity index (χ4n) is 2.36. The summed E-state index contributed by atoms with van der Waals surface area (Å²) in [6, 6.07) is 15.1. The van der Waals surface area contributed by atoms with E-state index in [2.05, 4.69) is 13.8 Å². The molecule has 2 aromatic carbocycles. The van der Waals surface area contributed by atoms with Crippen LogP contribution < -0.4 is 9.47 Å². The lowest BCUT2D eigenvalue weighted by Crippen LogP contribution is -2.04. The van der Waals surface area contributed by atoms with Crippen LogP contribution in [0.4, 0.5) is 0 Å². The molecule has 2 rings (SSSR count). The Morgan fingerprint density at radius 2 is 1.00 bits per heavy atom. The van der Waals surface area contributed by atoms with Crippen LogP contribution in [0.15, 0.2) is 48.5 Å². The number of nitrogens with zero attached hydrogens (tertiary/aromatic N) is 2. The van der Waals surface area contributed by atoms with Gasteiger partial charge in [0.1, 0.15) is 11.5 Å². The van der Waals surface area contributed by atoms with Crippen molar-refractivity contribution in [1.29, 1.82) is 10.5 Å². The van der Waals surface area contributed by atoms with Gasteiger partial charge in [0.25, 0.3) is 12.5 Å². The molecule has 4 heteroatoms. The van der Waals surface area contributed by atoms with Gasteiger partial charge < -0.3 is 9.47 Å². The van der Waals surface area contributed by atoms with Crippen LogP contribution in [0.5, 0.6) is 11.5 Å². The summed E-state index contributed by atoms with van der Waals surface area (Å²) in [6.45, 7) is 4.31. The molecule has 0 bridgehead atoms. The van der Waals surface area contributed by atoms with Crippen LogP contribution in [0.25, 0.3) is 0 Å². The van der Waals surface area contributed by atoms with Crippen molar-refractivity contribution in [3.05, 3.63) is 59.7 Å². The van der Waals surface area contributed by atoms with Gasteiger partial charge in [0.15, 0.2) is 0 Å². The van der Waals surface area contributed by atoms with E-state index in [1.807, 2.05) is 24.3 Å². The van der Waals surface area contributed by atoms with Crippen molar-refractivity contribution < 1.29 is 9.47 Å². The third-order valence-electron chi connectivity index (χ3n) is 3.89. The minimum atomic E-state index is 0.305. The molecule has 0 heterocycles. The number of hydrogen-bond donors (Lipinski definition) is 0. The molecule has 0 aliphatic heterocycles. The maximum atomic E-state index is 8.49. The second-order valence-electron chi connectivity index (χ2n) is 5.10. The van der Waals surface area contributed by atoms with Crippen LogP contribution in [-0.2, 0) is 0 Å². The SMILES string of the molecule is CC(c1ccc(OC#N)cc1)C(C)c1ccc(OC#N)cc1. The summed E-state index contributed by atoms with van der Waals surface area (Å²) in [5.74, 6) is 1.70. The van der Waals surface area contributed by atoms with Gasteiger partial charge in [0, 0.05) is 0 Å². The minimum Gasteiger partial charge on any atom is -0.388 e. The Kier molecular flexibility index (Phi) is 5.01. The van der Waals surface area contributed by atoms with Crippen LogP contribution in [0.2, 0.25) is 0 Å². The van der Waals surface area contributed by atoms with Gasteiger partial charge in [0.05, 0.1) is 0 Å². The van der Waals surface area contributed by atoms with E-state index >= 15 is 0 Å². The molecule has 2 unspecified atom stereocenters. The largest absolute Gasteiger partial charge is 0.388 e. The van der Waals surface area contributed by atoms with E-state index in [0.29, 0.717) is 23.3 Å². The van der Waals surface area contributed by atoms with E-state index < -0.39 is 0 Å². The van der Waals surface area contributed by atoms with Crippen molar-refractivity contribution in [1.82, 2.24) is 0 Å². The highest BCUT2D eigenvalue weighted by molar-refractivity contribution is 5.35. The molecule has 0 saturated carbocycles. The van der Waals surface area contributed by atoms with Gasteiger partial charge >= 0.3 is 0 Å². The van der Waals surface area contributed by atoms with Gasteiger partial charge in [-0.1, -0.05) is 38.1 Å². The van der Waals surface area contributed by atoms with E-state index in [0.717, 1.165) is 0 Å². The molecule has 0 aliphatic rings. The molecule has 0 aliphatic carbocycles. The quantitative estimate of drug-likeness (QED) is 0.770. The predicted molar refractivity (Wildman–Crippen MR) is 82.2 cm³/mol. The van der Waals surface area contributed by atoms with Crippen LogP contribution in [0, 0.1) is 23.0 Å². The lowest BCUT2D eigenvalue weighted by molar-refractivity contribution is 0.505. The zero-order valence-electron chi connectivity index (χ0n) is 12.5. The van der Waals surface area contributed by atoms with E-state index in [4.69, 9.17) is 20.0 Å². The number of ether oxygens (including phenoxy) is 2. The molecule has 0 saturated heterocycles. The summed E-state index contributed by atoms with van der Waals surface area (Å²) >= 11 is 0. The molecule has 0 amide bonds. The highest BCUT2D eigenvalue weighted by Crippen LogP contribution is 2.33. The molecule has 4 nitrogen and oxygen atoms in total. The molecule has 22 heavy (non-hydrogen) atoms. The molecule has 110 valence electrons. The molecule has 0 radical (unpaired) electrons. The highest BCUT2D eigenvalue weighted by atomic mass is 16.5. The molecule has 2 aromatic rings. The summed E-state index contributed by atoms with van der Waals surface area (Å²) in [6.07, 6.45) is 3.32. The van der Waals surface area contributed by atoms with Gasteiger partial charge in [-0.05, 0) is 47.2 Å². The van der Waals surface area contributed by atoms with Gasteiger partial charge in [-0.25, -0.2) is 0 Å². The third kappa shape index (κ3) is 3.56. The summed E-state index contributed by atoms with van der Waals surface area (Å²) in [4.78, 5) is 0. The number of hydrogen-bond acceptors (Lipinski definition) is 4. The first-order chi connectivity index (χ1) is 10.7. The Morgan fingerprint density at radius 1 is 0.682 bits per heavy atom. The summed E-state index contributed by atoms with van der Waals surface area (Å²) in [5, 5.41) is 17.0. The maximum Gasteiger partial charge on any atom is 0.292 e. The van der Waals surface area contributed by atoms with Gasteiger partial charge in [0.2, 0.25) is 0 Å².